The molecule has 134 valence electrons. The maximum atomic E-state index is 12.7. The number of sulfonamides is 1. The SMILES string of the molecule is C=CC[C@](CC)(NC(=O)[C@H]1CCC(=C)C1)C(=O)NS(=O)(=O)C1CC1. The molecule has 2 aliphatic carbocycles. The summed E-state index contributed by atoms with van der Waals surface area (Å²) in [6, 6.07) is 0. The molecule has 0 aromatic rings. The van der Waals surface area contributed by atoms with E-state index in [1.807, 2.05) is 0 Å². The fraction of sp³-hybridized carbons (Fsp3) is 0.647. The van der Waals surface area contributed by atoms with Crippen molar-refractivity contribution in [2.75, 3.05) is 0 Å². The van der Waals surface area contributed by atoms with Gasteiger partial charge in [-0.2, -0.15) is 0 Å². The minimum atomic E-state index is -3.66. The lowest BCUT2D eigenvalue weighted by molar-refractivity contribution is -0.134. The molecule has 2 saturated carbocycles. The molecule has 0 aliphatic heterocycles. The Kier molecular flexibility index (Phi) is 5.52. The third kappa shape index (κ3) is 4.06. The fourth-order valence-electron chi connectivity index (χ4n) is 3.02. The van der Waals surface area contributed by atoms with E-state index in [1.165, 1.54) is 6.08 Å². The molecule has 0 radical (unpaired) electrons. The van der Waals surface area contributed by atoms with Crippen molar-refractivity contribution in [2.45, 2.75) is 62.7 Å². The molecular formula is C17H26N2O4S. The number of rotatable bonds is 8. The second-order valence-electron chi connectivity index (χ2n) is 6.78. The average molecular weight is 354 g/mol. The van der Waals surface area contributed by atoms with Crippen molar-refractivity contribution in [2.24, 2.45) is 5.92 Å². The highest BCUT2D eigenvalue weighted by Gasteiger charge is 2.44. The Bertz CT molecular complexity index is 652. The Labute approximate surface area is 143 Å². The Morgan fingerprint density at radius 1 is 1.33 bits per heavy atom. The standard InChI is InChI=1S/C17H26N2O4S/c1-4-10-17(5-2,16(21)19-24(22,23)14-8-9-14)18-15(20)13-7-6-12(3)11-13/h4,13-14H,1,3,5-11H2,2H3,(H,18,20)(H,19,21)/t13-,17-/m0/s1. The molecule has 2 amide bonds. The van der Waals surface area contributed by atoms with Gasteiger partial charge in [-0.05, 0) is 44.9 Å². The number of hydrogen-bond acceptors (Lipinski definition) is 4. The van der Waals surface area contributed by atoms with Crippen LogP contribution in [0.2, 0.25) is 0 Å². The minimum Gasteiger partial charge on any atom is -0.341 e. The van der Waals surface area contributed by atoms with Gasteiger partial charge >= 0.3 is 0 Å². The molecule has 2 aliphatic rings. The van der Waals surface area contributed by atoms with Crippen molar-refractivity contribution in [1.82, 2.24) is 10.0 Å². The van der Waals surface area contributed by atoms with Gasteiger partial charge in [0.2, 0.25) is 15.9 Å². The molecule has 0 saturated heterocycles. The van der Waals surface area contributed by atoms with Crippen LogP contribution in [0.25, 0.3) is 0 Å². The van der Waals surface area contributed by atoms with E-state index in [-0.39, 0.29) is 24.7 Å². The number of hydrogen-bond donors (Lipinski definition) is 2. The zero-order valence-corrected chi connectivity index (χ0v) is 15.0. The molecule has 7 heteroatoms. The molecule has 6 nitrogen and oxygen atoms in total. The molecule has 2 N–H and O–H groups in total. The van der Waals surface area contributed by atoms with Crippen molar-refractivity contribution in [1.29, 1.82) is 0 Å². The highest BCUT2D eigenvalue weighted by atomic mass is 32.2. The summed E-state index contributed by atoms with van der Waals surface area (Å²) in [7, 11) is -3.66. The summed E-state index contributed by atoms with van der Waals surface area (Å²) in [6.45, 7) is 9.29. The maximum absolute atomic E-state index is 12.7. The van der Waals surface area contributed by atoms with E-state index in [4.69, 9.17) is 0 Å². The van der Waals surface area contributed by atoms with E-state index >= 15 is 0 Å². The van der Waals surface area contributed by atoms with E-state index in [0.29, 0.717) is 25.7 Å². The molecule has 0 aromatic heterocycles. The van der Waals surface area contributed by atoms with Crippen LogP contribution in [0.4, 0.5) is 0 Å². The summed E-state index contributed by atoms with van der Waals surface area (Å²) in [4.78, 5) is 25.2. The Morgan fingerprint density at radius 2 is 2.00 bits per heavy atom. The summed E-state index contributed by atoms with van der Waals surface area (Å²) in [6.07, 6.45) is 5.25. The van der Waals surface area contributed by atoms with Crippen LogP contribution >= 0.6 is 0 Å². The maximum Gasteiger partial charge on any atom is 0.259 e. The lowest BCUT2D eigenvalue weighted by atomic mass is 9.90. The molecule has 0 bridgehead atoms. The quantitative estimate of drug-likeness (QED) is 0.650. The summed E-state index contributed by atoms with van der Waals surface area (Å²) >= 11 is 0. The first-order valence-corrected chi connectivity index (χ1v) is 9.94. The predicted octanol–water partition coefficient (Wildman–Crippen LogP) is 1.79. The highest BCUT2D eigenvalue weighted by Crippen LogP contribution is 2.31. The van der Waals surface area contributed by atoms with Crippen LogP contribution < -0.4 is 10.0 Å². The number of allylic oxidation sites excluding steroid dienone is 1. The summed E-state index contributed by atoms with van der Waals surface area (Å²) in [5, 5.41) is 2.31. The van der Waals surface area contributed by atoms with Gasteiger partial charge in [0.15, 0.2) is 0 Å². The van der Waals surface area contributed by atoms with Gasteiger partial charge < -0.3 is 5.32 Å². The number of carbonyl (C=O) groups is 2. The topological polar surface area (TPSA) is 92.3 Å². The van der Waals surface area contributed by atoms with Crippen LogP contribution in [0.3, 0.4) is 0 Å². The smallest absolute Gasteiger partial charge is 0.259 e. The van der Waals surface area contributed by atoms with E-state index in [0.717, 1.165) is 12.0 Å². The summed E-state index contributed by atoms with van der Waals surface area (Å²) in [5.41, 5.74) is -0.258. The van der Waals surface area contributed by atoms with Gasteiger partial charge in [-0.25, -0.2) is 8.42 Å². The number of amides is 2. The Hall–Kier alpha value is -1.63. The molecule has 0 aromatic carbocycles. The molecule has 2 rings (SSSR count). The first kappa shape index (κ1) is 18.7. The summed E-state index contributed by atoms with van der Waals surface area (Å²) < 4.78 is 26.3. The van der Waals surface area contributed by atoms with Crippen molar-refractivity contribution in [3.8, 4) is 0 Å². The van der Waals surface area contributed by atoms with Crippen molar-refractivity contribution >= 4 is 21.8 Å². The summed E-state index contributed by atoms with van der Waals surface area (Å²) in [5.74, 6) is -1.11. The van der Waals surface area contributed by atoms with E-state index < -0.39 is 26.7 Å². The molecule has 24 heavy (non-hydrogen) atoms. The van der Waals surface area contributed by atoms with Gasteiger partial charge in [0.05, 0.1) is 5.25 Å². The van der Waals surface area contributed by atoms with Gasteiger partial charge in [0.25, 0.3) is 5.91 Å². The largest absolute Gasteiger partial charge is 0.341 e. The first-order chi connectivity index (χ1) is 11.2. The lowest BCUT2D eigenvalue weighted by Gasteiger charge is -2.32. The Morgan fingerprint density at radius 3 is 2.46 bits per heavy atom. The van der Waals surface area contributed by atoms with Crippen LogP contribution in [0.15, 0.2) is 24.8 Å². The van der Waals surface area contributed by atoms with Crippen molar-refractivity contribution in [3.05, 3.63) is 24.8 Å². The highest BCUT2D eigenvalue weighted by molar-refractivity contribution is 7.90. The van der Waals surface area contributed by atoms with Crippen molar-refractivity contribution in [3.63, 3.8) is 0 Å². The number of nitrogens with one attached hydrogen (secondary N) is 2. The second-order valence-corrected chi connectivity index (χ2v) is 8.74. The Balaban J connectivity index is 2.15. The first-order valence-electron chi connectivity index (χ1n) is 8.39. The molecule has 0 spiro atoms. The van der Waals surface area contributed by atoms with Crippen molar-refractivity contribution < 1.29 is 18.0 Å². The monoisotopic (exact) mass is 354 g/mol. The predicted molar refractivity (Wildman–Crippen MR) is 92.5 cm³/mol. The minimum absolute atomic E-state index is 0.176. The molecular weight excluding hydrogens is 328 g/mol. The fourth-order valence-corrected chi connectivity index (χ4v) is 4.40. The van der Waals surface area contributed by atoms with Crippen LogP contribution in [-0.2, 0) is 19.6 Å². The second kappa shape index (κ2) is 7.09. The van der Waals surface area contributed by atoms with Crippen LogP contribution in [-0.4, -0.2) is 31.0 Å². The average Bonchev–Trinajstić information content (AvgIpc) is 3.29. The molecule has 0 unspecified atom stereocenters. The normalized spacial score (nSPS) is 23.4. The van der Waals surface area contributed by atoms with Gasteiger partial charge in [0.1, 0.15) is 5.54 Å². The molecule has 2 fully saturated rings. The van der Waals surface area contributed by atoms with Crippen LogP contribution in [0, 0.1) is 5.92 Å². The zero-order valence-electron chi connectivity index (χ0n) is 14.1. The van der Waals surface area contributed by atoms with Crippen LogP contribution in [0.1, 0.15) is 51.9 Å². The van der Waals surface area contributed by atoms with E-state index in [1.54, 1.807) is 6.92 Å². The number of carbonyl (C=O) groups excluding carboxylic acids is 2. The zero-order chi connectivity index (χ0) is 18.0. The van der Waals surface area contributed by atoms with Gasteiger partial charge in [-0.1, -0.05) is 25.2 Å². The molecule has 2 atom stereocenters. The van der Waals surface area contributed by atoms with Gasteiger partial charge in [0, 0.05) is 5.92 Å². The molecule has 0 heterocycles. The third-order valence-electron chi connectivity index (χ3n) is 4.84. The van der Waals surface area contributed by atoms with Gasteiger partial charge in [-0.3, -0.25) is 14.3 Å². The van der Waals surface area contributed by atoms with Gasteiger partial charge in [-0.15, -0.1) is 6.58 Å². The lowest BCUT2D eigenvalue weighted by Crippen LogP contribution is -2.60. The van der Waals surface area contributed by atoms with E-state index in [9.17, 15) is 18.0 Å². The van der Waals surface area contributed by atoms with Crippen LogP contribution in [0.5, 0.6) is 0 Å². The third-order valence-corrected chi connectivity index (χ3v) is 6.66. The van der Waals surface area contributed by atoms with E-state index in [2.05, 4.69) is 23.2 Å².